The van der Waals surface area contributed by atoms with E-state index in [9.17, 15) is 4.79 Å². The topological polar surface area (TPSA) is 77.0 Å². The molecule has 2 aromatic heterocycles. The normalized spacial score (nSPS) is 10.9. The smallest absolute Gasteiger partial charge is 0.252 e. The van der Waals surface area contributed by atoms with Gasteiger partial charge in [0, 0.05) is 18.9 Å². The molecule has 0 radical (unpaired) electrons. The van der Waals surface area contributed by atoms with E-state index in [2.05, 4.69) is 28.8 Å². The lowest BCUT2D eigenvalue weighted by molar-refractivity contribution is 0.1000. The first-order valence-corrected chi connectivity index (χ1v) is 6.67. The molecule has 0 aliphatic rings. The van der Waals surface area contributed by atoms with Crippen LogP contribution in [0.25, 0.3) is 5.82 Å². The minimum atomic E-state index is -0.506. The molecule has 2 aromatic rings. The lowest BCUT2D eigenvalue weighted by Crippen LogP contribution is -2.22. The maximum atomic E-state index is 11.4. The largest absolute Gasteiger partial charge is 0.365 e. The van der Waals surface area contributed by atoms with Gasteiger partial charge in [0.1, 0.15) is 0 Å². The Bertz CT molecular complexity index is 589. The number of carbonyl (C=O) groups is 1. The number of hydrogen-bond acceptors (Lipinski definition) is 4. The molecule has 0 bridgehead atoms. The van der Waals surface area contributed by atoms with E-state index in [1.54, 1.807) is 29.2 Å². The molecule has 1 amide bonds. The van der Waals surface area contributed by atoms with E-state index in [-0.39, 0.29) is 0 Å². The Hall–Kier alpha value is -2.21. The van der Waals surface area contributed by atoms with Gasteiger partial charge in [-0.1, -0.05) is 13.8 Å². The van der Waals surface area contributed by atoms with E-state index in [0.717, 1.165) is 25.3 Å². The predicted molar refractivity (Wildman–Crippen MR) is 76.5 cm³/mol. The second-order valence-corrected chi connectivity index (χ2v) is 4.45. The van der Waals surface area contributed by atoms with Crippen LogP contribution in [0.3, 0.4) is 0 Å². The van der Waals surface area contributed by atoms with Crippen LogP contribution in [0, 0.1) is 0 Å². The van der Waals surface area contributed by atoms with Gasteiger partial charge in [0.2, 0.25) is 0 Å². The van der Waals surface area contributed by atoms with Gasteiger partial charge in [0.05, 0.1) is 11.3 Å². The minimum absolute atomic E-state index is 0.366. The first-order chi connectivity index (χ1) is 9.65. The van der Waals surface area contributed by atoms with Crippen LogP contribution >= 0.6 is 0 Å². The highest BCUT2D eigenvalue weighted by Crippen LogP contribution is 2.11. The van der Waals surface area contributed by atoms with Crippen LogP contribution < -0.4 is 5.73 Å². The molecular weight excluding hydrogens is 254 g/mol. The van der Waals surface area contributed by atoms with Gasteiger partial charge in [-0.05, 0) is 31.3 Å². The quantitative estimate of drug-likeness (QED) is 0.858. The maximum Gasteiger partial charge on any atom is 0.252 e. The van der Waals surface area contributed by atoms with E-state index < -0.39 is 5.91 Å². The van der Waals surface area contributed by atoms with Crippen LogP contribution in [0.5, 0.6) is 0 Å². The van der Waals surface area contributed by atoms with Gasteiger partial charge < -0.3 is 5.73 Å². The predicted octanol–water partition coefficient (Wildman–Crippen LogP) is 1.21. The number of nitrogens with two attached hydrogens (primary N) is 1. The van der Waals surface area contributed by atoms with E-state index in [4.69, 9.17) is 5.73 Å². The molecule has 6 heteroatoms. The molecule has 0 atom stereocenters. The fourth-order valence-corrected chi connectivity index (χ4v) is 2.01. The van der Waals surface area contributed by atoms with Crippen molar-refractivity contribution in [2.75, 3.05) is 13.1 Å². The Morgan fingerprint density at radius 3 is 2.75 bits per heavy atom. The Morgan fingerprint density at radius 1 is 1.35 bits per heavy atom. The van der Waals surface area contributed by atoms with Crippen LogP contribution in [0.15, 0.2) is 30.6 Å². The van der Waals surface area contributed by atoms with Gasteiger partial charge in [0.25, 0.3) is 5.91 Å². The highest BCUT2D eigenvalue weighted by Gasteiger charge is 2.12. The minimum Gasteiger partial charge on any atom is -0.365 e. The number of pyridine rings is 1. The monoisotopic (exact) mass is 273 g/mol. The van der Waals surface area contributed by atoms with E-state index in [0.29, 0.717) is 11.4 Å². The molecule has 0 aliphatic heterocycles. The third kappa shape index (κ3) is 3.03. The Morgan fingerprint density at radius 2 is 2.10 bits per heavy atom. The standard InChI is InChI=1S/C14H19N5O/c1-3-18(4-2)10-11-7-9-19(17-11)14-12(13(15)20)6-5-8-16-14/h5-9H,3-4,10H2,1-2H3,(H2,15,20). The molecule has 2 rings (SSSR count). The summed E-state index contributed by atoms with van der Waals surface area (Å²) in [7, 11) is 0. The first kappa shape index (κ1) is 14.2. The molecule has 0 fully saturated rings. The van der Waals surface area contributed by atoms with Crippen molar-refractivity contribution in [3.63, 3.8) is 0 Å². The number of aromatic nitrogens is 3. The average molecular weight is 273 g/mol. The highest BCUT2D eigenvalue weighted by atomic mass is 16.1. The van der Waals surface area contributed by atoms with Crippen molar-refractivity contribution >= 4 is 5.91 Å². The lowest BCUT2D eigenvalue weighted by atomic mass is 10.2. The third-order valence-electron chi connectivity index (χ3n) is 3.19. The third-order valence-corrected chi connectivity index (χ3v) is 3.19. The van der Waals surface area contributed by atoms with E-state index >= 15 is 0 Å². The van der Waals surface area contributed by atoms with Crippen molar-refractivity contribution < 1.29 is 4.79 Å². The summed E-state index contributed by atoms with van der Waals surface area (Å²) in [6.45, 7) is 6.95. The molecule has 2 N–H and O–H groups in total. The second-order valence-electron chi connectivity index (χ2n) is 4.45. The Balaban J connectivity index is 2.27. The summed E-state index contributed by atoms with van der Waals surface area (Å²) >= 11 is 0. The van der Waals surface area contributed by atoms with Crippen molar-refractivity contribution in [2.24, 2.45) is 5.73 Å². The SMILES string of the molecule is CCN(CC)Cc1ccn(-c2ncccc2C(N)=O)n1. The zero-order valence-corrected chi connectivity index (χ0v) is 11.8. The summed E-state index contributed by atoms with van der Waals surface area (Å²) in [5.74, 6) is -0.0420. The molecule has 106 valence electrons. The average Bonchev–Trinajstić information content (AvgIpc) is 2.93. The van der Waals surface area contributed by atoms with Gasteiger partial charge in [-0.15, -0.1) is 0 Å². The van der Waals surface area contributed by atoms with Gasteiger partial charge in [0.15, 0.2) is 5.82 Å². The summed E-state index contributed by atoms with van der Waals surface area (Å²) in [5, 5.41) is 4.46. The molecule has 2 heterocycles. The Labute approximate surface area is 118 Å². The number of hydrogen-bond donors (Lipinski definition) is 1. The summed E-state index contributed by atoms with van der Waals surface area (Å²) in [6.07, 6.45) is 3.42. The zero-order chi connectivity index (χ0) is 14.5. The molecule has 0 spiro atoms. The molecule has 0 aromatic carbocycles. The van der Waals surface area contributed by atoms with Crippen molar-refractivity contribution in [1.29, 1.82) is 0 Å². The van der Waals surface area contributed by atoms with Crippen molar-refractivity contribution in [2.45, 2.75) is 20.4 Å². The molecule has 0 aliphatic carbocycles. The van der Waals surface area contributed by atoms with Crippen molar-refractivity contribution in [3.8, 4) is 5.82 Å². The summed E-state index contributed by atoms with van der Waals surface area (Å²) in [5.41, 5.74) is 6.66. The molecular formula is C14H19N5O. The summed E-state index contributed by atoms with van der Waals surface area (Å²) in [4.78, 5) is 17.9. The second kappa shape index (κ2) is 6.29. The lowest BCUT2D eigenvalue weighted by Gasteiger charge is -2.15. The van der Waals surface area contributed by atoms with Gasteiger partial charge in [-0.2, -0.15) is 5.10 Å². The summed E-state index contributed by atoms with van der Waals surface area (Å²) in [6, 6.07) is 5.26. The van der Waals surface area contributed by atoms with Gasteiger partial charge in [-0.3, -0.25) is 9.69 Å². The van der Waals surface area contributed by atoms with Crippen LogP contribution in [0.4, 0.5) is 0 Å². The summed E-state index contributed by atoms with van der Waals surface area (Å²) < 4.78 is 1.60. The van der Waals surface area contributed by atoms with Crippen LogP contribution in [0.1, 0.15) is 29.9 Å². The number of carbonyl (C=O) groups excluding carboxylic acids is 1. The fraction of sp³-hybridized carbons (Fsp3) is 0.357. The molecule has 20 heavy (non-hydrogen) atoms. The van der Waals surface area contributed by atoms with Gasteiger partial charge >= 0.3 is 0 Å². The molecule has 0 saturated carbocycles. The first-order valence-electron chi connectivity index (χ1n) is 6.67. The van der Waals surface area contributed by atoms with Crippen molar-refractivity contribution in [1.82, 2.24) is 19.7 Å². The van der Waals surface area contributed by atoms with E-state index in [1.165, 1.54) is 0 Å². The van der Waals surface area contributed by atoms with E-state index in [1.807, 2.05) is 6.07 Å². The molecule has 0 unspecified atom stereocenters. The zero-order valence-electron chi connectivity index (χ0n) is 11.8. The van der Waals surface area contributed by atoms with Gasteiger partial charge in [-0.25, -0.2) is 9.67 Å². The van der Waals surface area contributed by atoms with Crippen molar-refractivity contribution in [3.05, 3.63) is 41.9 Å². The number of amides is 1. The highest BCUT2D eigenvalue weighted by molar-refractivity contribution is 5.95. The fourth-order valence-electron chi connectivity index (χ4n) is 2.01. The number of primary amides is 1. The maximum absolute atomic E-state index is 11.4. The molecule has 6 nitrogen and oxygen atoms in total. The number of rotatable bonds is 6. The van der Waals surface area contributed by atoms with Crippen LogP contribution in [-0.2, 0) is 6.54 Å². The molecule has 0 saturated heterocycles. The van der Waals surface area contributed by atoms with Crippen LogP contribution in [0.2, 0.25) is 0 Å². The van der Waals surface area contributed by atoms with Crippen LogP contribution in [-0.4, -0.2) is 38.7 Å². The Kier molecular flexibility index (Phi) is 4.47. The number of nitrogens with zero attached hydrogens (tertiary/aromatic N) is 4.